The van der Waals surface area contributed by atoms with Gasteiger partial charge >= 0.3 is 0 Å². The zero-order valence-electron chi connectivity index (χ0n) is 17.4. The van der Waals surface area contributed by atoms with E-state index in [0.29, 0.717) is 19.1 Å². The van der Waals surface area contributed by atoms with Crippen LogP contribution in [0.25, 0.3) is 15.8 Å². The number of hydrogen-bond donors (Lipinski definition) is 1. The molecular formula is C23H28N2O3S. The molecule has 1 fully saturated rings. The first-order valence-electron chi connectivity index (χ1n) is 9.89. The van der Waals surface area contributed by atoms with E-state index in [1.165, 1.54) is 0 Å². The van der Waals surface area contributed by atoms with Gasteiger partial charge in [-0.1, -0.05) is 30.8 Å². The first-order chi connectivity index (χ1) is 14.1. The van der Waals surface area contributed by atoms with Crippen molar-refractivity contribution < 1.29 is 14.3 Å². The fraction of sp³-hybridized carbons (Fsp3) is 0.391. The fourth-order valence-electron chi connectivity index (χ4n) is 3.09. The van der Waals surface area contributed by atoms with Crippen molar-refractivity contribution >= 4 is 39.2 Å². The van der Waals surface area contributed by atoms with Gasteiger partial charge in [0.15, 0.2) is 0 Å². The van der Waals surface area contributed by atoms with Gasteiger partial charge in [-0.3, -0.25) is 4.79 Å². The number of amides is 1. The van der Waals surface area contributed by atoms with E-state index in [2.05, 4.69) is 12.2 Å². The number of anilines is 1. The topological polar surface area (TPSA) is 60.5 Å². The van der Waals surface area contributed by atoms with Crippen LogP contribution in [0.2, 0.25) is 0 Å². The van der Waals surface area contributed by atoms with E-state index >= 15 is 0 Å². The number of nitrogens with one attached hydrogen (secondary N) is 1. The van der Waals surface area contributed by atoms with Crippen LogP contribution in [0.5, 0.6) is 5.75 Å². The third-order valence-electron chi connectivity index (χ3n) is 4.88. The minimum Gasteiger partial charge on any atom is -0.490 e. The Bertz CT molecular complexity index is 939. The lowest BCUT2D eigenvalue weighted by atomic mass is 10.1. The Morgan fingerprint density at radius 1 is 1.31 bits per heavy atom. The number of nitrogens with zero attached hydrogens (tertiary/aromatic N) is 1. The van der Waals surface area contributed by atoms with Gasteiger partial charge in [0.1, 0.15) is 12.4 Å². The summed E-state index contributed by atoms with van der Waals surface area (Å²) < 4.78 is 11.1. The molecule has 0 radical (unpaired) electrons. The number of fused-ring (bicyclic) bond motifs is 1. The largest absolute Gasteiger partial charge is 0.490 e. The molecule has 1 aromatic heterocycles. The second kappa shape index (κ2) is 9.94. The van der Waals surface area contributed by atoms with E-state index < -0.39 is 0 Å². The number of carbonyl (C=O) groups excluding carboxylic acids is 1. The van der Waals surface area contributed by atoms with E-state index in [1.807, 2.05) is 55.7 Å². The van der Waals surface area contributed by atoms with Crippen LogP contribution >= 0.6 is 11.8 Å². The highest BCUT2D eigenvalue weighted by molar-refractivity contribution is 8.10. The van der Waals surface area contributed by atoms with Crippen LogP contribution < -0.4 is 10.1 Å². The highest BCUT2D eigenvalue weighted by Crippen LogP contribution is 2.39. The van der Waals surface area contributed by atoms with Crippen molar-refractivity contribution in [3.05, 3.63) is 47.5 Å². The average Bonchev–Trinajstić information content (AvgIpc) is 3.46. The quantitative estimate of drug-likeness (QED) is 0.553. The number of hydrogen-bond acceptors (Lipinski definition) is 5. The van der Waals surface area contributed by atoms with Gasteiger partial charge in [-0.05, 0) is 49.8 Å². The smallest absolute Gasteiger partial charge is 0.227 e. The van der Waals surface area contributed by atoms with Gasteiger partial charge in [0.05, 0.1) is 17.8 Å². The van der Waals surface area contributed by atoms with Crippen molar-refractivity contribution in [1.29, 1.82) is 0 Å². The van der Waals surface area contributed by atoms with Crippen LogP contribution in [-0.2, 0) is 9.53 Å². The summed E-state index contributed by atoms with van der Waals surface area (Å²) in [6, 6.07) is 7.73. The molecule has 0 aliphatic heterocycles. The van der Waals surface area contributed by atoms with Crippen molar-refractivity contribution in [2.75, 3.05) is 25.6 Å². The predicted molar refractivity (Wildman–Crippen MR) is 121 cm³/mol. The van der Waals surface area contributed by atoms with Gasteiger partial charge < -0.3 is 14.8 Å². The Morgan fingerprint density at radius 3 is 2.76 bits per heavy atom. The Morgan fingerprint density at radius 2 is 2.10 bits per heavy atom. The lowest BCUT2D eigenvalue weighted by Gasteiger charge is -2.14. The molecule has 1 heterocycles. The number of thioether (sulfide) groups is 1. The SMILES string of the molecule is C/C=C\S/C(=C\C)c1cc(OCCOC)c2cc(NC(=O)C3CC3C)ccc2n1. The summed E-state index contributed by atoms with van der Waals surface area (Å²) in [6.07, 6.45) is 5.01. The Kier molecular flexibility index (Phi) is 7.34. The lowest BCUT2D eigenvalue weighted by molar-refractivity contribution is -0.117. The Labute approximate surface area is 176 Å². The molecule has 6 heteroatoms. The van der Waals surface area contributed by atoms with Crippen molar-refractivity contribution in [2.24, 2.45) is 11.8 Å². The number of pyridine rings is 1. The number of allylic oxidation sites excluding steroid dienone is 2. The number of benzene rings is 1. The molecule has 0 saturated heterocycles. The number of aromatic nitrogens is 1. The van der Waals surface area contributed by atoms with E-state index in [-0.39, 0.29) is 11.8 Å². The van der Waals surface area contributed by atoms with E-state index in [9.17, 15) is 4.79 Å². The highest BCUT2D eigenvalue weighted by Gasteiger charge is 2.39. The second-order valence-corrected chi connectivity index (χ2v) is 8.08. The molecule has 29 heavy (non-hydrogen) atoms. The molecule has 1 saturated carbocycles. The first-order valence-corrected chi connectivity index (χ1v) is 10.8. The zero-order chi connectivity index (χ0) is 20.8. The lowest BCUT2D eigenvalue weighted by Crippen LogP contribution is -2.14. The fourth-order valence-corrected chi connectivity index (χ4v) is 3.74. The molecule has 154 valence electrons. The summed E-state index contributed by atoms with van der Waals surface area (Å²) in [7, 11) is 1.65. The number of carbonyl (C=O) groups is 1. The van der Waals surface area contributed by atoms with Gasteiger partial charge in [-0.2, -0.15) is 0 Å². The summed E-state index contributed by atoms with van der Waals surface area (Å²) in [5.74, 6) is 1.42. The molecule has 2 atom stereocenters. The van der Waals surface area contributed by atoms with Crippen molar-refractivity contribution in [1.82, 2.24) is 4.98 Å². The predicted octanol–water partition coefficient (Wildman–Crippen LogP) is 5.48. The average molecular weight is 413 g/mol. The normalized spacial score (nSPS) is 19.0. The van der Waals surface area contributed by atoms with Crippen molar-refractivity contribution in [3.8, 4) is 5.75 Å². The molecule has 2 unspecified atom stereocenters. The van der Waals surface area contributed by atoms with Crippen molar-refractivity contribution in [2.45, 2.75) is 27.2 Å². The number of methoxy groups -OCH3 is 1. The van der Waals surface area contributed by atoms with Crippen LogP contribution in [0.15, 0.2) is 41.8 Å². The molecule has 5 nitrogen and oxygen atoms in total. The first kappa shape index (κ1) is 21.4. The maximum Gasteiger partial charge on any atom is 0.227 e. The van der Waals surface area contributed by atoms with Gasteiger partial charge in [0.2, 0.25) is 5.91 Å². The highest BCUT2D eigenvalue weighted by atomic mass is 32.2. The van der Waals surface area contributed by atoms with Crippen molar-refractivity contribution in [3.63, 3.8) is 0 Å². The van der Waals surface area contributed by atoms with E-state index in [0.717, 1.165) is 39.4 Å². The summed E-state index contributed by atoms with van der Waals surface area (Å²) in [5.41, 5.74) is 2.45. The van der Waals surface area contributed by atoms with Crippen LogP contribution in [0, 0.1) is 11.8 Å². The van der Waals surface area contributed by atoms with Crippen LogP contribution in [0.1, 0.15) is 32.9 Å². The molecule has 1 amide bonds. The second-order valence-electron chi connectivity index (χ2n) is 7.13. The zero-order valence-corrected chi connectivity index (χ0v) is 18.2. The minimum atomic E-state index is 0.0854. The molecule has 0 bridgehead atoms. The van der Waals surface area contributed by atoms with Gasteiger partial charge in [0, 0.05) is 35.1 Å². The van der Waals surface area contributed by atoms with Crippen LogP contribution in [-0.4, -0.2) is 31.2 Å². The monoisotopic (exact) mass is 412 g/mol. The third kappa shape index (κ3) is 5.40. The van der Waals surface area contributed by atoms with Crippen LogP contribution in [0.3, 0.4) is 0 Å². The molecule has 2 aromatic rings. The molecule has 1 aliphatic carbocycles. The Balaban J connectivity index is 1.95. The minimum absolute atomic E-state index is 0.0854. The number of ether oxygens (including phenoxy) is 2. The van der Waals surface area contributed by atoms with E-state index in [1.54, 1.807) is 18.9 Å². The third-order valence-corrected chi connectivity index (χ3v) is 5.98. The van der Waals surface area contributed by atoms with Gasteiger partial charge in [0.25, 0.3) is 0 Å². The number of rotatable bonds is 9. The summed E-state index contributed by atoms with van der Waals surface area (Å²) in [4.78, 5) is 18.2. The molecule has 1 aromatic carbocycles. The summed E-state index contributed by atoms with van der Waals surface area (Å²) >= 11 is 1.62. The van der Waals surface area contributed by atoms with Gasteiger partial charge in [-0.25, -0.2) is 4.98 Å². The molecule has 3 rings (SSSR count). The summed E-state index contributed by atoms with van der Waals surface area (Å²) in [6.45, 7) is 7.03. The Hall–Kier alpha value is -2.31. The molecule has 0 spiro atoms. The molecule has 1 aliphatic rings. The summed E-state index contributed by atoms with van der Waals surface area (Å²) in [5, 5.41) is 5.93. The molecular weight excluding hydrogens is 384 g/mol. The maximum atomic E-state index is 12.3. The van der Waals surface area contributed by atoms with Crippen LogP contribution in [0.4, 0.5) is 5.69 Å². The standard InChI is InChI=1S/C23H28N2O3S/c1-5-11-29-22(6-2)20-14-21(28-10-9-27-4)18-13-16(7-8-19(18)25-20)24-23(26)17-12-15(17)3/h5-8,11,13-15,17H,9-10,12H2,1-4H3,(H,24,26)/b11-5-,22-6-. The van der Waals surface area contributed by atoms with Gasteiger partial charge in [-0.15, -0.1) is 0 Å². The maximum absolute atomic E-state index is 12.3. The van der Waals surface area contributed by atoms with E-state index in [4.69, 9.17) is 14.5 Å². The molecule has 1 N–H and O–H groups in total.